The van der Waals surface area contributed by atoms with Gasteiger partial charge in [0.05, 0.1) is 25.4 Å². The largest absolute Gasteiger partial charge is 0.466 e. The van der Waals surface area contributed by atoms with Gasteiger partial charge in [0.15, 0.2) is 0 Å². The van der Waals surface area contributed by atoms with Crippen LogP contribution in [0.2, 0.25) is 0 Å². The normalized spacial score (nSPS) is 12.7. The molecule has 0 bridgehead atoms. The lowest BCUT2D eigenvalue weighted by Crippen LogP contribution is -2.45. The number of allylic oxidation sites excluding steroid dienone is 3. The lowest BCUT2D eigenvalue weighted by atomic mass is 10.0. The zero-order valence-corrected chi connectivity index (χ0v) is 46.6. The number of esters is 1. The molecular formula is C63H121NO5. The van der Waals surface area contributed by atoms with Crippen molar-refractivity contribution in [3.63, 3.8) is 0 Å². The van der Waals surface area contributed by atoms with E-state index in [2.05, 4.69) is 31.3 Å². The fourth-order valence-electron chi connectivity index (χ4n) is 9.69. The number of aliphatic hydroxyl groups is 2. The van der Waals surface area contributed by atoms with Crippen LogP contribution in [0.1, 0.15) is 341 Å². The molecule has 0 aromatic carbocycles. The van der Waals surface area contributed by atoms with Crippen LogP contribution in [-0.2, 0) is 14.3 Å². The third-order valence-electron chi connectivity index (χ3n) is 14.5. The second-order valence-corrected chi connectivity index (χ2v) is 21.4. The summed E-state index contributed by atoms with van der Waals surface area (Å²) < 4.78 is 5.49. The third-order valence-corrected chi connectivity index (χ3v) is 14.5. The Hall–Kier alpha value is -1.66. The van der Waals surface area contributed by atoms with Gasteiger partial charge in [-0.1, -0.05) is 295 Å². The Morgan fingerprint density at radius 2 is 0.681 bits per heavy atom. The van der Waals surface area contributed by atoms with Crippen LogP contribution >= 0.6 is 0 Å². The highest BCUT2D eigenvalue weighted by Crippen LogP contribution is 2.17. The van der Waals surface area contributed by atoms with E-state index < -0.39 is 12.1 Å². The third kappa shape index (κ3) is 55.5. The molecule has 69 heavy (non-hydrogen) atoms. The predicted octanol–water partition coefficient (Wildman–Crippen LogP) is 19.4. The zero-order valence-electron chi connectivity index (χ0n) is 46.6. The Morgan fingerprint density at radius 3 is 1.03 bits per heavy atom. The van der Waals surface area contributed by atoms with Crippen molar-refractivity contribution in [3.8, 4) is 0 Å². The quantitative estimate of drug-likeness (QED) is 0.0321. The van der Waals surface area contributed by atoms with Gasteiger partial charge in [-0.3, -0.25) is 9.59 Å². The number of carbonyl (C=O) groups is 2. The van der Waals surface area contributed by atoms with Crippen molar-refractivity contribution in [2.45, 2.75) is 353 Å². The van der Waals surface area contributed by atoms with Gasteiger partial charge in [0.2, 0.25) is 5.91 Å². The second-order valence-electron chi connectivity index (χ2n) is 21.4. The van der Waals surface area contributed by atoms with Crippen molar-refractivity contribution in [2.24, 2.45) is 0 Å². The van der Waals surface area contributed by atoms with Crippen molar-refractivity contribution in [1.29, 1.82) is 0 Å². The number of unbranched alkanes of at least 4 members (excludes halogenated alkanes) is 45. The van der Waals surface area contributed by atoms with Gasteiger partial charge in [-0.25, -0.2) is 0 Å². The predicted molar refractivity (Wildman–Crippen MR) is 301 cm³/mol. The topological polar surface area (TPSA) is 95.9 Å². The van der Waals surface area contributed by atoms with Gasteiger partial charge in [0.1, 0.15) is 0 Å². The van der Waals surface area contributed by atoms with Crippen molar-refractivity contribution >= 4 is 11.9 Å². The summed E-state index contributed by atoms with van der Waals surface area (Å²) >= 11 is 0. The first kappa shape index (κ1) is 67.3. The highest BCUT2D eigenvalue weighted by atomic mass is 16.5. The van der Waals surface area contributed by atoms with Crippen LogP contribution in [0.3, 0.4) is 0 Å². The molecule has 6 heteroatoms. The van der Waals surface area contributed by atoms with Gasteiger partial charge >= 0.3 is 5.97 Å². The second kappa shape index (κ2) is 58.9. The molecular weight excluding hydrogens is 851 g/mol. The summed E-state index contributed by atoms with van der Waals surface area (Å²) in [7, 11) is 0. The Morgan fingerprint density at radius 1 is 0.391 bits per heavy atom. The minimum Gasteiger partial charge on any atom is -0.466 e. The van der Waals surface area contributed by atoms with Crippen LogP contribution in [-0.4, -0.2) is 47.4 Å². The molecule has 0 saturated carbocycles. The van der Waals surface area contributed by atoms with E-state index in [1.807, 2.05) is 6.08 Å². The van der Waals surface area contributed by atoms with Crippen molar-refractivity contribution in [1.82, 2.24) is 5.32 Å². The van der Waals surface area contributed by atoms with Crippen LogP contribution in [0.5, 0.6) is 0 Å². The average molecular weight is 973 g/mol. The molecule has 0 aromatic heterocycles. The number of amides is 1. The molecule has 0 radical (unpaired) electrons. The van der Waals surface area contributed by atoms with Gasteiger partial charge in [0.25, 0.3) is 0 Å². The smallest absolute Gasteiger partial charge is 0.305 e. The summed E-state index contributed by atoms with van der Waals surface area (Å²) in [5, 5.41) is 23.1. The fraction of sp³-hybridized carbons (Fsp3) is 0.905. The summed E-state index contributed by atoms with van der Waals surface area (Å²) in [4.78, 5) is 24.5. The van der Waals surface area contributed by atoms with E-state index in [-0.39, 0.29) is 18.5 Å². The molecule has 0 heterocycles. The van der Waals surface area contributed by atoms with E-state index in [0.29, 0.717) is 19.4 Å². The van der Waals surface area contributed by atoms with Gasteiger partial charge < -0.3 is 20.3 Å². The Bertz CT molecular complexity index is 1080. The molecule has 3 N–H and O–H groups in total. The van der Waals surface area contributed by atoms with Crippen LogP contribution in [0, 0.1) is 0 Å². The first-order valence-corrected chi connectivity index (χ1v) is 31.1. The summed E-state index contributed by atoms with van der Waals surface area (Å²) in [6.45, 7) is 4.92. The first-order chi connectivity index (χ1) is 34.0. The van der Waals surface area contributed by atoms with E-state index in [1.54, 1.807) is 6.08 Å². The van der Waals surface area contributed by atoms with E-state index in [4.69, 9.17) is 4.74 Å². The Kier molecular flexibility index (Phi) is 57.5. The van der Waals surface area contributed by atoms with Crippen LogP contribution in [0.25, 0.3) is 0 Å². The molecule has 6 nitrogen and oxygen atoms in total. The molecule has 2 atom stereocenters. The number of nitrogens with one attached hydrogen (secondary N) is 1. The monoisotopic (exact) mass is 972 g/mol. The van der Waals surface area contributed by atoms with Crippen molar-refractivity contribution in [3.05, 3.63) is 24.3 Å². The molecule has 0 aliphatic carbocycles. The Balaban J connectivity index is 3.44. The number of hydrogen-bond donors (Lipinski definition) is 3. The lowest BCUT2D eigenvalue weighted by Gasteiger charge is -2.20. The molecule has 0 saturated heterocycles. The highest BCUT2D eigenvalue weighted by molar-refractivity contribution is 5.76. The lowest BCUT2D eigenvalue weighted by molar-refractivity contribution is -0.143. The zero-order chi connectivity index (χ0) is 50.0. The molecule has 0 fully saturated rings. The standard InChI is InChI=1S/C63H121NO5/c1-3-5-7-9-11-13-15-17-19-27-31-35-39-43-47-51-55-61(66)60(59-65)64-62(67)56-52-48-44-40-36-32-28-25-23-21-22-24-26-30-34-38-42-46-50-54-58-69-63(68)57-53-49-45-41-37-33-29-20-18-16-14-12-10-8-6-4-2/h21,23,51,55,60-61,65-66H,3-20,22,24-50,52-54,56-59H2,1-2H3,(H,64,67)/b23-21-,55-51+. The first-order valence-electron chi connectivity index (χ1n) is 31.1. The van der Waals surface area contributed by atoms with Crippen LogP contribution in [0.15, 0.2) is 24.3 Å². The number of hydrogen-bond acceptors (Lipinski definition) is 5. The molecule has 0 aliphatic rings. The SMILES string of the molecule is CCCCCCCCCCCCCCCC/C=C/C(O)C(CO)NC(=O)CCCCCCCCC/C=C\CCCCCCCCCCCOC(=O)CCCCCCCCCCCCCCCCCC. The van der Waals surface area contributed by atoms with Gasteiger partial charge in [-0.05, 0) is 57.8 Å². The molecule has 2 unspecified atom stereocenters. The summed E-state index contributed by atoms with van der Waals surface area (Å²) in [6, 6.07) is -0.634. The molecule has 0 spiro atoms. The summed E-state index contributed by atoms with van der Waals surface area (Å²) in [5.41, 5.74) is 0. The van der Waals surface area contributed by atoms with Gasteiger partial charge in [-0.15, -0.1) is 0 Å². The maximum atomic E-state index is 12.5. The van der Waals surface area contributed by atoms with Gasteiger partial charge in [0, 0.05) is 12.8 Å². The number of carbonyl (C=O) groups excluding carboxylic acids is 2. The minimum absolute atomic E-state index is 0.00935. The number of rotatable bonds is 58. The van der Waals surface area contributed by atoms with E-state index >= 15 is 0 Å². The Labute approximate surface area is 431 Å². The van der Waals surface area contributed by atoms with E-state index in [9.17, 15) is 19.8 Å². The fourth-order valence-corrected chi connectivity index (χ4v) is 9.69. The number of ether oxygens (including phenoxy) is 1. The summed E-state index contributed by atoms with van der Waals surface area (Å²) in [5.74, 6) is -0.0653. The van der Waals surface area contributed by atoms with Gasteiger partial charge in [-0.2, -0.15) is 0 Å². The van der Waals surface area contributed by atoms with Crippen LogP contribution in [0.4, 0.5) is 0 Å². The average Bonchev–Trinajstić information content (AvgIpc) is 3.35. The van der Waals surface area contributed by atoms with Crippen LogP contribution < -0.4 is 5.32 Å². The van der Waals surface area contributed by atoms with E-state index in [0.717, 1.165) is 44.9 Å². The summed E-state index contributed by atoms with van der Waals surface area (Å²) in [6.07, 6.45) is 72.1. The highest BCUT2D eigenvalue weighted by Gasteiger charge is 2.18. The van der Waals surface area contributed by atoms with E-state index in [1.165, 1.54) is 270 Å². The molecule has 408 valence electrons. The van der Waals surface area contributed by atoms with Crippen molar-refractivity contribution < 1.29 is 24.5 Å². The molecule has 0 aliphatic heterocycles. The minimum atomic E-state index is -0.850. The molecule has 0 rings (SSSR count). The maximum Gasteiger partial charge on any atom is 0.305 e. The molecule has 0 aromatic rings. The van der Waals surface area contributed by atoms with Crippen molar-refractivity contribution in [2.75, 3.05) is 13.2 Å². The molecule has 1 amide bonds. The maximum absolute atomic E-state index is 12.5. The number of aliphatic hydroxyl groups excluding tert-OH is 2.